The molecule has 0 saturated carbocycles. The number of sulfonamides is 1. The van der Waals surface area contributed by atoms with E-state index in [1.807, 2.05) is 6.07 Å². The summed E-state index contributed by atoms with van der Waals surface area (Å²) in [6.07, 6.45) is 2.33. The Morgan fingerprint density at radius 2 is 2.14 bits per heavy atom. The van der Waals surface area contributed by atoms with Gasteiger partial charge in [-0.3, -0.25) is 0 Å². The molecule has 2 rings (SSSR count). The third-order valence-corrected chi connectivity index (χ3v) is 6.74. The summed E-state index contributed by atoms with van der Waals surface area (Å²) in [6, 6.07) is 5.01. The smallest absolute Gasteiger partial charge is 0.252 e. The van der Waals surface area contributed by atoms with Crippen LogP contribution in [0.15, 0.2) is 16.3 Å². The van der Waals surface area contributed by atoms with Crippen molar-refractivity contribution in [1.29, 1.82) is 5.26 Å². The van der Waals surface area contributed by atoms with E-state index in [-0.39, 0.29) is 10.3 Å². The largest absolute Gasteiger partial charge is 0.378 e. The molecule has 1 fully saturated rings. The van der Waals surface area contributed by atoms with Gasteiger partial charge >= 0.3 is 0 Å². The summed E-state index contributed by atoms with van der Waals surface area (Å²) in [5, 5.41) is 8.79. The number of rotatable bonds is 6. The second-order valence-corrected chi connectivity index (χ2v) is 8.10. The molecule has 2 N–H and O–H groups in total. The molecule has 2 heterocycles. The minimum atomic E-state index is -3.47. The molecule has 0 bridgehead atoms. The molecule has 116 valence electrons. The Hall–Kier alpha value is -0.980. The van der Waals surface area contributed by atoms with Gasteiger partial charge in [-0.2, -0.15) is 9.57 Å². The van der Waals surface area contributed by atoms with Crippen molar-refractivity contribution in [2.24, 2.45) is 5.73 Å². The van der Waals surface area contributed by atoms with Crippen LogP contribution in [-0.2, 0) is 14.8 Å². The number of thiophene rings is 1. The van der Waals surface area contributed by atoms with Gasteiger partial charge in [0.25, 0.3) is 10.0 Å². The fourth-order valence-electron chi connectivity index (χ4n) is 2.22. The monoisotopic (exact) mass is 329 g/mol. The molecule has 1 aromatic heterocycles. The quantitative estimate of drug-likeness (QED) is 0.789. The average molecular weight is 329 g/mol. The van der Waals surface area contributed by atoms with Crippen molar-refractivity contribution in [3.05, 3.63) is 17.0 Å². The van der Waals surface area contributed by atoms with Crippen LogP contribution in [0.2, 0.25) is 0 Å². The van der Waals surface area contributed by atoms with Crippen LogP contribution in [0, 0.1) is 11.3 Å². The van der Waals surface area contributed by atoms with Gasteiger partial charge in [0, 0.05) is 19.7 Å². The number of hydrogen-bond donors (Lipinski definition) is 1. The van der Waals surface area contributed by atoms with Gasteiger partial charge in [0.15, 0.2) is 0 Å². The number of ether oxygens (including phenoxy) is 1. The van der Waals surface area contributed by atoms with E-state index < -0.39 is 10.0 Å². The van der Waals surface area contributed by atoms with Crippen LogP contribution in [0.4, 0.5) is 0 Å². The van der Waals surface area contributed by atoms with Gasteiger partial charge in [-0.25, -0.2) is 8.42 Å². The summed E-state index contributed by atoms with van der Waals surface area (Å²) < 4.78 is 32.3. The number of piperidine rings is 1. The zero-order chi connectivity index (χ0) is 15.3. The van der Waals surface area contributed by atoms with Crippen molar-refractivity contribution in [1.82, 2.24) is 4.31 Å². The lowest BCUT2D eigenvalue weighted by molar-refractivity contribution is 0.0209. The maximum absolute atomic E-state index is 12.5. The first-order chi connectivity index (χ1) is 10.1. The molecular weight excluding hydrogens is 310 g/mol. The molecule has 8 heteroatoms. The minimum Gasteiger partial charge on any atom is -0.378 e. The summed E-state index contributed by atoms with van der Waals surface area (Å²) in [7, 11) is -3.47. The lowest BCUT2D eigenvalue weighted by Gasteiger charge is -2.30. The van der Waals surface area contributed by atoms with E-state index in [1.54, 1.807) is 6.07 Å². The average Bonchev–Trinajstić information content (AvgIpc) is 2.98. The molecular formula is C13H19N3O3S2. The zero-order valence-electron chi connectivity index (χ0n) is 11.7. The molecule has 0 aliphatic carbocycles. The van der Waals surface area contributed by atoms with Crippen LogP contribution >= 0.6 is 11.3 Å². The number of nitrogens with two attached hydrogens (primary N) is 1. The van der Waals surface area contributed by atoms with E-state index in [0.29, 0.717) is 44.0 Å². The summed E-state index contributed by atoms with van der Waals surface area (Å²) in [4.78, 5) is 0.411. The first-order valence-electron chi connectivity index (χ1n) is 6.89. The normalized spacial score (nSPS) is 17.7. The van der Waals surface area contributed by atoms with E-state index in [2.05, 4.69) is 0 Å². The second kappa shape index (κ2) is 7.33. The fraction of sp³-hybridized carbons (Fsp3) is 0.615. The first-order valence-corrected chi connectivity index (χ1v) is 9.15. The van der Waals surface area contributed by atoms with E-state index in [4.69, 9.17) is 15.7 Å². The van der Waals surface area contributed by atoms with Crippen molar-refractivity contribution >= 4 is 21.4 Å². The molecule has 1 aliphatic heterocycles. The lowest BCUT2D eigenvalue weighted by Crippen LogP contribution is -2.40. The molecule has 1 aromatic rings. The van der Waals surface area contributed by atoms with E-state index >= 15 is 0 Å². The Balaban J connectivity index is 1.93. The van der Waals surface area contributed by atoms with Crippen LogP contribution in [0.3, 0.4) is 0 Å². The molecule has 0 unspecified atom stereocenters. The summed E-state index contributed by atoms with van der Waals surface area (Å²) in [5.41, 5.74) is 5.41. The van der Waals surface area contributed by atoms with Crippen molar-refractivity contribution in [3.63, 3.8) is 0 Å². The van der Waals surface area contributed by atoms with Crippen LogP contribution < -0.4 is 5.73 Å². The predicted molar refractivity (Wildman–Crippen MR) is 80.4 cm³/mol. The van der Waals surface area contributed by atoms with Crippen molar-refractivity contribution < 1.29 is 13.2 Å². The van der Waals surface area contributed by atoms with Crippen LogP contribution in [-0.4, -0.2) is 45.1 Å². The standard InChI is InChI=1S/C13H19N3O3S2/c14-6-1-9-19-11-4-7-16(8-5-11)21(17,18)13-3-2-12(10-15)20-13/h2-3,11H,1,4-9,14H2. The third kappa shape index (κ3) is 4.02. The van der Waals surface area contributed by atoms with Gasteiger partial charge in [-0.1, -0.05) is 0 Å². The summed E-state index contributed by atoms with van der Waals surface area (Å²) in [6.45, 7) is 2.14. The third-order valence-electron chi connectivity index (χ3n) is 3.39. The van der Waals surface area contributed by atoms with Crippen molar-refractivity contribution in [3.8, 4) is 6.07 Å². The molecule has 0 spiro atoms. The maximum Gasteiger partial charge on any atom is 0.252 e. The van der Waals surface area contributed by atoms with E-state index in [9.17, 15) is 8.42 Å². The van der Waals surface area contributed by atoms with Gasteiger partial charge in [-0.15, -0.1) is 11.3 Å². The van der Waals surface area contributed by atoms with Crippen LogP contribution in [0.1, 0.15) is 24.1 Å². The fourth-order valence-corrected chi connectivity index (χ4v) is 4.95. The van der Waals surface area contributed by atoms with Crippen molar-refractivity contribution in [2.75, 3.05) is 26.2 Å². The SMILES string of the molecule is N#Cc1ccc(S(=O)(=O)N2CCC(OCCCN)CC2)s1. The van der Waals surface area contributed by atoms with Crippen LogP contribution in [0.5, 0.6) is 0 Å². The molecule has 6 nitrogen and oxygen atoms in total. The summed E-state index contributed by atoms with van der Waals surface area (Å²) >= 11 is 1.02. The molecule has 0 radical (unpaired) electrons. The molecule has 1 aliphatic rings. The Morgan fingerprint density at radius 3 is 2.71 bits per heavy atom. The summed E-state index contributed by atoms with van der Waals surface area (Å²) in [5.74, 6) is 0. The Labute approximate surface area is 129 Å². The molecule has 0 amide bonds. The lowest BCUT2D eigenvalue weighted by atomic mass is 10.1. The highest BCUT2D eigenvalue weighted by Gasteiger charge is 2.30. The predicted octanol–water partition coefficient (Wildman–Crippen LogP) is 1.14. The number of hydrogen-bond acceptors (Lipinski definition) is 6. The van der Waals surface area contributed by atoms with Crippen LogP contribution in [0.25, 0.3) is 0 Å². The molecule has 21 heavy (non-hydrogen) atoms. The van der Waals surface area contributed by atoms with Gasteiger partial charge in [0.2, 0.25) is 0 Å². The Kier molecular flexibility index (Phi) is 5.72. The highest BCUT2D eigenvalue weighted by Crippen LogP contribution is 2.27. The number of nitriles is 1. The Bertz CT molecular complexity index is 598. The topological polar surface area (TPSA) is 96.4 Å². The van der Waals surface area contributed by atoms with Gasteiger partial charge < -0.3 is 10.5 Å². The van der Waals surface area contributed by atoms with E-state index in [1.165, 1.54) is 10.4 Å². The zero-order valence-corrected chi connectivity index (χ0v) is 13.3. The highest BCUT2D eigenvalue weighted by atomic mass is 32.2. The van der Waals surface area contributed by atoms with Crippen molar-refractivity contribution in [2.45, 2.75) is 29.6 Å². The Morgan fingerprint density at radius 1 is 1.43 bits per heavy atom. The first kappa shape index (κ1) is 16.4. The van der Waals surface area contributed by atoms with Gasteiger partial charge in [-0.05, 0) is 37.9 Å². The molecule has 0 atom stereocenters. The van der Waals surface area contributed by atoms with Gasteiger partial charge in [0.1, 0.15) is 15.2 Å². The molecule has 0 aromatic carbocycles. The maximum atomic E-state index is 12.5. The second-order valence-electron chi connectivity index (χ2n) is 4.85. The van der Waals surface area contributed by atoms with Gasteiger partial charge in [0.05, 0.1) is 6.10 Å². The minimum absolute atomic E-state index is 0.112. The highest BCUT2D eigenvalue weighted by molar-refractivity contribution is 7.91. The number of nitrogens with zero attached hydrogens (tertiary/aromatic N) is 2. The van der Waals surface area contributed by atoms with E-state index in [0.717, 1.165) is 17.8 Å². The molecule has 1 saturated heterocycles.